The summed E-state index contributed by atoms with van der Waals surface area (Å²) in [7, 11) is 0. The van der Waals surface area contributed by atoms with Gasteiger partial charge in [-0.25, -0.2) is 0 Å². The molecule has 0 aliphatic heterocycles. The quantitative estimate of drug-likeness (QED) is 0.635. The lowest BCUT2D eigenvalue weighted by molar-refractivity contribution is -0.159. The number of halogens is 3. The average molecular weight is 198 g/mol. The summed E-state index contributed by atoms with van der Waals surface area (Å²) in [5.41, 5.74) is 0. The predicted octanol–water partition coefficient (Wildman–Crippen LogP) is 2.67. The fourth-order valence-corrected chi connectivity index (χ4v) is 0.674. The summed E-state index contributed by atoms with van der Waals surface area (Å²) in [5, 5.41) is 0. The van der Waals surface area contributed by atoms with Gasteiger partial charge in [0, 0.05) is 6.42 Å². The molecule has 0 radical (unpaired) electrons. The molecular weight excluding hydrogens is 185 g/mol. The van der Waals surface area contributed by atoms with Crippen LogP contribution in [-0.4, -0.2) is 18.8 Å². The zero-order valence-corrected chi connectivity index (χ0v) is 7.49. The molecule has 0 aliphatic rings. The van der Waals surface area contributed by atoms with Crippen LogP contribution in [0.3, 0.4) is 0 Å². The number of esters is 1. The number of alkyl halides is 3. The number of carbonyl (C=O) groups is 1. The van der Waals surface area contributed by atoms with Gasteiger partial charge in [-0.3, -0.25) is 4.79 Å². The summed E-state index contributed by atoms with van der Waals surface area (Å²) >= 11 is 0. The van der Waals surface area contributed by atoms with Crippen LogP contribution in [0.4, 0.5) is 13.2 Å². The summed E-state index contributed by atoms with van der Waals surface area (Å²) in [6, 6.07) is 0. The molecule has 0 unspecified atom stereocenters. The van der Waals surface area contributed by atoms with E-state index in [0.717, 1.165) is 6.42 Å². The molecule has 13 heavy (non-hydrogen) atoms. The van der Waals surface area contributed by atoms with E-state index in [4.69, 9.17) is 0 Å². The number of hydrogen-bond acceptors (Lipinski definition) is 2. The normalized spacial score (nSPS) is 11.4. The van der Waals surface area contributed by atoms with E-state index in [1.165, 1.54) is 0 Å². The molecule has 0 aliphatic carbocycles. The first-order valence-electron chi connectivity index (χ1n) is 4.18. The Balaban J connectivity index is 3.37. The number of unbranched alkanes of at least 4 members (excludes halogenated alkanes) is 1. The topological polar surface area (TPSA) is 26.3 Å². The van der Waals surface area contributed by atoms with Crippen LogP contribution in [-0.2, 0) is 9.53 Å². The number of carbonyl (C=O) groups excluding carboxylic acids is 1. The maximum Gasteiger partial charge on any atom is 0.392 e. The smallest absolute Gasteiger partial charge is 0.392 e. The van der Waals surface area contributed by atoms with Crippen LogP contribution in [0.5, 0.6) is 0 Å². The van der Waals surface area contributed by atoms with Crippen molar-refractivity contribution in [3.05, 3.63) is 0 Å². The second-order valence-corrected chi connectivity index (χ2v) is 2.69. The Morgan fingerprint density at radius 2 is 2.00 bits per heavy atom. The van der Waals surface area contributed by atoms with Crippen LogP contribution in [0.1, 0.15) is 32.6 Å². The minimum Gasteiger partial charge on any atom is -0.465 e. The lowest BCUT2D eigenvalue weighted by Crippen LogP contribution is -2.14. The van der Waals surface area contributed by atoms with Gasteiger partial charge in [0.2, 0.25) is 0 Å². The molecule has 0 spiro atoms. The Kier molecular flexibility index (Phi) is 5.50. The highest BCUT2D eigenvalue weighted by atomic mass is 19.4. The van der Waals surface area contributed by atoms with Gasteiger partial charge in [-0.1, -0.05) is 13.3 Å². The van der Waals surface area contributed by atoms with Gasteiger partial charge in [0.1, 0.15) is 0 Å². The molecule has 0 fully saturated rings. The molecule has 0 aromatic carbocycles. The van der Waals surface area contributed by atoms with E-state index in [-0.39, 0.29) is 6.42 Å². The monoisotopic (exact) mass is 198 g/mol. The standard InChI is InChI=1S/C8H13F3O2/c1-2-3-4-7(12)13-6-5-8(9,10)11/h2-6H2,1H3. The first-order chi connectivity index (χ1) is 5.95. The Morgan fingerprint density at radius 1 is 1.38 bits per heavy atom. The lowest BCUT2D eigenvalue weighted by Gasteiger charge is -2.06. The third-order valence-electron chi connectivity index (χ3n) is 1.38. The second-order valence-electron chi connectivity index (χ2n) is 2.69. The van der Waals surface area contributed by atoms with Gasteiger partial charge >= 0.3 is 12.1 Å². The second kappa shape index (κ2) is 5.83. The van der Waals surface area contributed by atoms with Gasteiger partial charge < -0.3 is 4.74 Å². The Morgan fingerprint density at radius 3 is 2.46 bits per heavy atom. The average Bonchev–Trinajstić information content (AvgIpc) is 1.98. The van der Waals surface area contributed by atoms with Crippen LogP contribution in [0.2, 0.25) is 0 Å². The molecule has 0 rings (SSSR count). The van der Waals surface area contributed by atoms with E-state index >= 15 is 0 Å². The minimum atomic E-state index is -4.25. The minimum absolute atomic E-state index is 0.203. The van der Waals surface area contributed by atoms with Crippen molar-refractivity contribution in [2.75, 3.05) is 6.61 Å². The molecule has 0 bridgehead atoms. The van der Waals surface area contributed by atoms with Crippen molar-refractivity contribution < 1.29 is 22.7 Å². The van der Waals surface area contributed by atoms with Crippen molar-refractivity contribution in [2.24, 2.45) is 0 Å². The van der Waals surface area contributed by atoms with Gasteiger partial charge in [0.25, 0.3) is 0 Å². The molecule has 0 heterocycles. The van der Waals surface area contributed by atoms with Gasteiger partial charge in [-0.05, 0) is 6.42 Å². The zero-order valence-electron chi connectivity index (χ0n) is 7.49. The number of ether oxygens (including phenoxy) is 1. The van der Waals surface area contributed by atoms with Crippen LogP contribution >= 0.6 is 0 Å². The van der Waals surface area contributed by atoms with Crippen molar-refractivity contribution in [3.63, 3.8) is 0 Å². The van der Waals surface area contributed by atoms with Crippen molar-refractivity contribution in [1.82, 2.24) is 0 Å². The molecule has 78 valence electrons. The van der Waals surface area contributed by atoms with E-state index in [2.05, 4.69) is 4.74 Å². The van der Waals surface area contributed by atoms with E-state index in [0.29, 0.717) is 6.42 Å². The molecule has 0 saturated heterocycles. The highest BCUT2D eigenvalue weighted by Gasteiger charge is 2.27. The van der Waals surface area contributed by atoms with E-state index in [9.17, 15) is 18.0 Å². The maximum absolute atomic E-state index is 11.6. The van der Waals surface area contributed by atoms with Crippen LogP contribution in [0.25, 0.3) is 0 Å². The van der Waals surface area contributed by atoms with E-state index in [1.807, 2.05) is 6.92 Å². The third kappa shape index (κ3) is 9.17. The number of hydrogen-bond donors (Lipinski definition) is 0. The third-order valence-corrected chi connectivity index (χ3v) is 1.38. The van der Waals surface area contributed by atoms with Crippen molar-refractivity contribution in [3.8, 4) is 0 Å². The largest absolute Gasteiger partial charge is 0.465 e. The van der Waals surface area contributed by atoms with Crippen LogP contribution < -0.4 is 0 Å². The Labute approximate surface area is 75.1 Å². The summed E-state index contributed by atoms with van der Waals surface area (Å²) in [4.78, 5) is 10.7. The van der Waals surface area contributed by atoms with E-state index in [1.54, 1.807) is 0 Å². The fraction of sp³-hybridized carbons (Fsp3) is 0.875. The molecule has 0 N–H and O–H groups in total. The van der Waals surface area contributed by atoms with Crippen LogP contribution in [0.15, 0.2) is 0 Å². The molecule has 0 aromatic rings. The summed E-state index contributed by atoms with van der Waals surface area (Å²) < 4.78 is 39.1. The Hall–Kier alpha value is -0.740. The van der Waals surface area contributed by atoms with Gasteiger partial charge in [0.15, 0.2) is 0 Å². The molecule has 5 heteroatoms. The maximum atomic E-state index is 11.6. The first kappa shape index (κ1) is 12.3. The van der Waals surface area contributed by atoms with E-state index < -0.39 is 25.2 Å². The van der Waals surface area contributed by atoms with Crippen LogP contribution in [0, 0.1) is 0 Å². The van der Waals surface area contributed by atoms with Crippen molar-refractivity contribution in [1.29, 1.82) is 0 Å². The molecule has 0 atom stereocenters. The molecule has 0 saturated carbocycles. The zero-order chi connectivity index (χ0) is 10.3. The molecule has 2 nitrogen and oxygen atoms in total. The van der Waals surface area contributed by atoms with Crippen molar-refractivity contribution >= 4 is 5.97 Å². The molecular formula is C8H13F3O2. The summed E-state index contributed by atoms with van der Waals surface area (Å²) in [5.74, 6) is -0.550. The highest BCUT2D eigenvalue weighted by Crippen LogP contribution is 2.19. The molecule has 0 aromatic heterocycles. The fourth-order valence-electron chi connectivity index (χ4n) is 0.674. The van der Waals surface area contributed by atoms with Gasteiger partial charge in [-0.15, -0.1) is 0 Å². The Bertz CT molecular complexity index is 154. The highest BCUT2D eigenvalue weighted by molar-refractivity contribution is 5.69. The summed E-state index contributed by atoms with van der Waals surface area (Å²) in [6.07, 6.45) is -3.62. The lowest BCUT2D eigenvalue weighted by atomic mass is 10.2. The summed E-state index contributed by atoms with van der Waals surface area (Å²) in [6.45, 7) is 1.33. The predicted molar refractivity (Wildman–Crippen MR) is 41.2 cm³/mol. The van der Waals surface area contributed by atoms with Gasteiger partial charge in [-0.2, -0.15) is 13.2 Å². The first-order valence-corrected chi connectivity index (χ1v) is 4.18. The molecule has 0 amide bonds. The SMILES string of the molecule is CCCCC(=O)OCCC(F)(F)F. The van der Waals surface area contributed by atoms with Crippen molar-refractivity contribution in [2.45, 2.75) is 38.8 Å². The van der Waals surface area contributed by atoms with Gasteiger partial charge in [0.05, 0.1) is 13.0 Å². The number of rotatable bonds is 5.